The van der Waals surface area contributed by atoms with Crippen LogP contribution in [-0.4, -0.2) is 71.8 Å². The minimum atomic E-state index is -0.501. The number of rotatable bonds is 0. The molecule has 0 unspecified atom stereocenters. The first-order valence-corrected chi connectivity index (χ1v) is 16.3. The second kappa shape index (κ2) is 19.8. The van der Waals surface area contributed by atoms with Gasteiger partial charge >= 0.3 is 11.5 Å². The first kappa shape index (κ1) is 40.8. The Balaban J connectivity index is 0.000000144. The van der Waals surface area contributed by atoms with Crippen LogP contribution < -0.4 is 21.3 Å². The van der Waals surface area contributed by atoms with Crippen molar-refractivity contribution < 1.29 is 69.8 Å². The first-order valence-electron chi connectivity index (χ1n) is 13.3. The number of aromatic nitrogens is 17. The van der Waals surface area contributed by atoms with Crippen LogP contribution in [0, 0.1) is 14.3 Å². The molecule has 0 saturated carbocycles. The summed E-state index contributed by atoms with van der Waals surface area (Å²) in [7, 11) is 0. The van der Waals surface area contributed by atoms with Gasteiger partial charge in [-0.3, -0.25) is 18.0 Å². The molecule has 0 bridgehead atoms. The van der Waals surface area contributed by atoms with E-state index in [0.717, 1.165) is 4.96 Å². The molecule has 0 aliphatic heterocycles. The zero-order chi connectivity index (χ0) is 34.9. The molecule has 20 nitrogen and oxygen atoms in total. The second-order valence-electron chi connectivity index (χ2n) is 8.74. The van der Waals surface area contributed by atoms with Crippen molar-refractivity contribution in [3.63, 3.8) is 0 Å². The van der Waals surface area contributed by atoms with Crippen LogP contribution in [0.25, 0.3) is 27.3 Å². The maximum absolute atomic E-state index is 10.6. The average molecular weight is 940 g/mol. The van der Waals surface area contributed by atoms with Gasteiger partial charge in [-0.1, -0.05) is 12.2 Å². The Labute approximate surface area is 361 Å². The van der Waals surface area contributed by atoms with Gasteiger partial charge in [0.05, 0.1) is 6.20 Å². The van der Waals surface area contributed by atoms with E-state index in [-0.39, 0.29) is 65.4 Å². The molecule has 0 atom stereocenters. The normalized spacial score (nSPS) is 10.0. The number of nitrogens with zero attached hydrogens (tertiary/aromatic N) is 17. The molecule has 10 aromatic rings. The number of fused-ring (bicyclic) bond motifs is 5. The van der Waals surface area contributed by atoms with Crippen LogP contribution in [0.2, 0.25) is 0 Å². The fraction of sp³-hybridized carbons (Fsp3) is 0. The summed E-state index contributed by atoms with van der Waals surface area (Å²) >= 11 is 17.2. The van der Waals surface area contributed by atoms with Crippen molar-refractivity contribution in [1.82, 2.24) is 81.8 Å². The molecule has 0 spiro atoms. The SMILES string of the molecule is O=c1ncn2cc[n-]c2n1.O=c1ncn2ccsc2n1.S=c1ncn2cc[n-]c2n1.S=c1ncn2ccoc2n1.S=c1ncn2ccsc2n1.[Y].[Y]. The molecule has 0 aliphatic rings. The summed E-state index contributed by atoms with van der Waals surface area (Å²) in [6, 6.07) is 0. The Hall–Kier alpha value is -3.94. The van der Waals surface area contributed by atoms with E-state index in [2.05, 4.69) is 59.8 Å². The van der Waals surface area contributed by atoms with E-state index >= 15 is 0 Å². The molecule has 27 heteroatoms. The minimum absolute atomic E-state index is 0. The summed E-state index contributed by atoms with van der Waals surface area (Å²) < 4.78 is 14.4. The van der Waals surface area contributed by atoms with Gasteiger partial charge in [0.1, 0.15) is 30.0 Å². The molecule has 0 N–H and O–H groups in total. The molecule has 10 rings (SSSR count). The van der Waals surface area contributed by atoms with Crippen LogP contribution in [0.15, 0.2) is 106 Å². The van der Waals surface area contributed by atoms with Gasteiger partial charge in [0, 0.05) is 113 Å². The molecule has 0 aromatic carbocycles. The summed E-state index contributed by atoms with van der Waals surface area (Å²) in [5.74, 6) is 1.46. The van der Waals surface area contributed by atoms with Crippen molar-refractivity contribution in [2.45, 2.75) is 0 Å². The van der Waals surface area contributed by atoms with Gasteiger partial charge in [-0.2, -0.15) is 19.9 Å². The van der Waals surface area contributed by atoms with E-state index in [4.69, 9.17) is 41.1 Å². The minimum Gasteiger partial charge on any atom is -0.432 e. The van der Waals surface area contributed by atoms with Gasteiger partial charge in [0.2, 0.25) is 9.54 Å². The van der Waals surface area contributed by atoms with Gasteiger partial charge in [-0.15, -0.1) is 22.7 Å². The summed E-state index contributed by atoms with van der Waals surface area (Å²) in [4.78, 5) is 67.6. The summed E-state index contributed by atoms with van der Waals surface area (Å²) in [6.45, 7) is 0. The van der Waals surface area contributed by atoms with Crippen molar-refractivity contribution in [1.29, 1.82) is 0 Å². The van der Waals surface area contributed by atoms with Crippen LogP contribution in [0.5, 0.6) is 0 Å². The number of hydrogen-bond donors (Lipinski definition) is 0. The Kier molecular flexibility index (Phi) is 15.5. The predicted molar refractivity (Wildman–Crippen MR) is 185 cm³/mol. The number of imidazole rings is 2. The second-order valence-corrected chi connectivity index (χ2v) is 11.6. The van der Waals surface area contributed by atoms with E-state index in [1.54, 1.807) is 85.1 Å². The van der Waals surface area contributed by atoms with Gasteiger partial charge in [-0.05, 0) is 49.2 Å². The molecule has 52 heavy (non-hydrogen) atoms. The Morgan fingerprint density at radius 3 is 1.67 bits per heavy atom. The molecular weight excluding hydrogens is 925 g/mol. The maximum atomic E-state index is 10.6. The monoisotopic (exact) mass is 939 g/mol. The number of hydrogen-bond acceptors (Lipinski definition) is 18. The molecule has 0 saturated heterocycles. The first-order chi connectivity index (χ1) is 24.3. The largest absolute Gasteiger partial charge is 0.432 e. The zero-order valence-corrected chi connectivity index (χ0v) is 35.4. The Bertz CT molecular complexity index is 2490. The Morgan fingerprint density at radius 2 is 1.02 bits per heavy atom. The third kappa shape index (κ3) is 11.3. The van der Waals surface area contributed by atoms with Crippen molar-refractivity contribution >= 4 is 86.6 Å². The quantitative estimate of drug-likeness (QED) is 0.199. The molecule has 10 heterocycles. The average Bonchev–Trinajstić information content (AvgIpc) is 3.96. The van der Waals surface area contributed by atoms with Crippen molar-refractivity contribution in [3.05, 3.63) is 127 Å². The molecule has 10 aromatic heterocycles. The van der Waals surface area contributed by atoms with Gasteiger partial charge in [0.25, 0.3) is 5.69 Å². The molecule has 0 fully saturated rings. The van der Waals surface area contributed by atoms with Gasteiger partial charge in [0.15, 0.2) is 9.92 Å². The topological polar surface area (TPSA) is 226 Å². The fourth-order valence-electron chi connectivity index (χ4n) is 3.44. The van der Waals surface area contributed by atoms with E-state index in [9.17, 15) is 9.59 Å². The molecular formula is C25H15N17O3S5Y2-2. The van der Waals surface area contributed by atoms with Gasteiger partial charge < -0.3 is 33.2 Å². The van der Waals surface area contributed by atoms with Crippen molar-refractivity contribution in [2.75, 3.05) is 0 Å². The standard InChI is InChI=1S/C5H4N4O.C5H4N4S.2C5H3N3OS.C5H3N3S2.2Y/c2*10-5-7-3-9-2-1-6-4(9)8-5;9-4-6-3-8-1-2-10-5(8)7-4;10-4-6-3-8-1-2-9-5(8)7-4;9-4-6-3-8-1-2-10-5(8)7-4;;/h2*1-3H,(H,6,8,10);3*1-3H;;/p-2. The molecule has 0 amide bonds. The fourth-order valence-corrected chi connectivity index (χ4v) is 5.25. The van der Waals surface area contributed by atoms with Gasteiger partial charge in [-0.25, -0.2) is 24.7 Å². The summed E-state index contributed by atoms with van der Waals surface area (Å²) in [6.07, 6.45) is 21.3. The predicted octanol–water partition coefficient (Wildman–Crippen LogP) is 2.18. The Morgan fingerprint density at radius 1 is 0.538 bits per heavy atom. The molecule has 256 valence electrons. The van der Waals surface area contributed by atoms with E-state index in [1.807, 2.05) is 21.4 Å². The number of oxazole rings is 1. The number of thiazole rings is 2. The third-order valence-corrected chi connectivity index (χ3v) is 7.70. The van der Waals surface area contributed by atoms with Crippen LogP contribution >= 0.6 is 59.3 Å². The summed E-state index contributed by atoms with van der Waals surface area (Å²) in [5.41, 5.74) is -0.929. The van der Waals surface area contributed by atoms with Crippen LogP contribution in [0.4, 0.5) is 0 Å². The third-order valence-electron chi connectivity index (χ3n) is 5.57. The van der Waals surface area contributed by atoms with Crippen molar-refractivity contribution in [2.24, 2.45) is 0 Å². The van der Waals surface area contributed by atoms with Crippen LogP contribution in [0.3, 0.4) is 0 Å². The smallest absolute Gasteiger partial charge is 0.371 e. The maximum Gasteiger partial charge on any atom is 0.371 e. The van der Waals surface area contributed by atoms with Crippen LogP contribution in [-0.2, 0) is 65.4 Å². The van der Waals surface area contributed by atoms with E-state index < -0.39 is 11.4 Å². The zero-order valence-electron chi connectivity index (χ0n) is 25.7. The molecule has 0 aliphatic carbocycles. The molecule has 2 radical (unpaired) electrons. The van der Waals surface area contributed by atoms with E-state index in [0.29, 0.717) is 36.7 Å². The van der Waals surface area contributed by atoms with Crippen LogP contribution in [0.1, 0.15) is 0 Å². The summed E-state index contributed by atoms with van der Waals surface area (Å²) in [5, 5.41) is 3.79. The van der Waals surface area contributed by atoms with E-state index in [1.165, 1.54) is 30.3 Å². The van der Waals surface area contributed by atoms with Crippen molar-refractivity contribution in [3.8, 4) is 0 Å².